The molecule has 30 heavy (non-hydrogen) atoms. The number of benzene rings is 2. The number of carbonyl (C=O) groups is 2. The van der Waals surface area contributed by atoms with Crippen LogP contribution < -0.4 is 10.6 Å². The molecule has 4 aromatic rings. The average molecular weight is 394 g/mol. The fourth-order valence-corrected chi connectivity index (χ4v) is 3.66. The number of carbonyl (C=O) groups excluding carboxylic acids is 2. The lowest BCUT2D eigenvalue weighted by Crippen LogP contribution is -2.19. The molecule has 5 rings (SSSR count). The molecule has 0 fully saturated rings. The fraction of sp³-hybridized carbons (Fsp3) is 0.0833. The maximum Gasteiger partial charge on any atom is 0.256 e. The Labute approximate surface area is 173 Å². The number of aromatic nitrogens is 2. The Morgan fingerprint density at radius 1 is 0.933 bits per heavy atom. The van der Waals surface area contributed by atoms with Gasteiger partial charge in [-0.2, -0.15) is 0 Å². The van der Waals surface area contributed by atoms with Crippen molar-refractivity contribution in [2.24, 2.45) is 0 Å². The summed E-state index contributed by atoms with van der Waals surface area (Å²) in [4.78, 5) is 33.9. The lowest BCUT2D eigenvalue weighted by molar-refractivity contribution is -0.116. The van der Waals surface area contributed by atoms with Gasteiger partial charge in [-0.25, -0.2) is 4.98 Å². The van der Waals surface area contributed by atoms with E-state index in [-0.39, 0.29) is 11.8 Å². The summed E-state index contributed by atoms with van der Waals surface area (Å²) in [5.41, 5.74) is 5.02. The van der Waals surface area contributed by atoms with E-state index in [4.69, 9.17) is 0 Å². The van der Waals surface area contributed by atoms with E-state index in [1.165, 1.54) is 0 Å². The Morgan fingerprint density at radius 3 is 2.67 bits per heavy atom. The average Bonchev–Trinajstić information content (AvgIpc) is 2.78. The van der Waals surface area contributed by atoms with Crippen molar-refractivity contribution in [3.05, 3.63) is 84.1 Å². The summed E-state index contributed by atoms with van der Waals surface area (Å²) >= 11 is 0. The number of pyridine rings is 2. The molecular weight excluding hydrogens is 376 g/mol. The summed E-state index contributed by atoms with van der Waals surface area (Å²) in [7, 11) is 0. The second kappa shape index (κ2) is 7.40. The predicted molar refractivity (Wildman–Crippen MR) is 116 cm³/mol. The first-order valence-corrected chi connectivity index (χ1v) is 9.73. The van der Waals surface area contributed by atoms with Crippen LogP contribution in [0.5, 0.6) is 0 Å². The summed E-state index contributed by atoms with van der Waals surface area (Å²) in [5, 5.41) is 6.59. The smallest absolute Gasteiger partial charge is 0.256 e. The maximum absolute atomic E-state index is 13.2. The highest BCUT2D eigenvalue weighted by Crippen LogP contribution is 2.28. The molecule has 0 spiro atoms. The topological polar surface area (TPSA) is 84.0 Å². The van der Waals surface area contributed by atoms with Crippen molar-refractivity contribution in [1.82, 2.24) is 9.97 Å². The quantitative estimate of drug-likeness (QED) is 0.538. The Bertz CT molecular complexity index is 1290. The molecule has 3 heterocycles. The Kier molecular flexibility index (Phi) is 4.44. The van der Waals surface area contributed by atoms with E-state index < -0.39 is 0 Å². The number of fused-ring (bicyclic) bond motifs is 2. The molecule has 0 unspecified atom stereocenters. The van der Waals surface area contributed by atoms with Gasteiger partial charge in [0.25, 0.3) is 5.91 Å². The normalized spacial score (nSPS) is 12.9. The number of aryl methyl sites for hydroxylation is 1. The Morgan fingerprint density at radius 2 is 1.80 bits per heavy atom. The third-order valence-corrected chi connectivity index (χ3v) is 5.15. The minimum Gasteiger partial charge on any atom is -0.326 e. The minimum absolute atomic E-state index is 0.00823. The standard InChI is InChI=1S/C24H18N4O2/c29-23-11-9-15-8-10-16(13-21(15)28-23)26-24(30)18-14-22(20-7-3-4-12-25-20)27-19-6-2-1-5-17(18)19/h1-8,10,12-14H,9,11H2,(H,26,30)(H,28,29). The van der Waals surface area contributed by atoms with Crippen LogP contribution in [0.3, 0.4) is 0 Å². The van der Waals surface area contributed by atoms with Crippen LogP contribution in [0.4, 0.5) is 11.4 Å². The highest BCUT2D eigenvalue weighted by atomic mass is 16.2. The number of amides is 2. The number of rotatable bonds is 3. The van der Waals surface area contributed by atoms with Crippen molar-refractivity contribution in [2.45, 2.75) is 12.8 Å². The molecule has 1 aliphatic rings. The molecule has 0 radical (unpaired) electrons. The van der Waals surface area contributed by atoms with Gasteiger partial charge in [0.05, 0.1) is 22.5 Å². The molecule has 0 saturated carbocycles. The van der Waals surface area contributed by atoms with Gasteiger partial charge >= 0.3 is 0 Å². The van der Waals surface area contributed by atoms with Gasteiger partial charge in [-0.3, -0.25) is 14.6 Å². The molecular formula is C24H18N4O2. The summed E-state index contributed by atoms with van der Waals surface area (Å²) in [5.74, 6) is -0.251. The number of hydrogen-bond donors (Lipinski definition) is 2. The lowest BCUT2D eigenvalue weighted by atomic mass is 10.0. The number of nitrogens with one attached hydrogen (secondary N) is 2. The van der Waals surface area contributed by atoms with Crippen LogP contribution in [0.15, 0.2) is 72.9 Å². The predicted octanol–water partition coefficient (Wildman–Crippen LogP) is 4.43. The van der Waals surface area contributed by atoms with Crippen LogP contribution in [0.1, 0.15) is 22.3 Å². The number of para-hydroxylation sites is 1. The largest absolute Gasteiger partial charge is 0.326 e. The summed E-state index contributed by atoms with van der Waals surface area (Å²) in [6, 6.07) is 20.5. The van der Waals surface area contributed by atoms with E-state index in [1.807, 2.05) is 54.6 Å². The summed E-state index contributed by atoms with van der Waals surface area (Å²) < 4.78 is 0. The van der Waals surface area contributed by atoms with Crippen molar-refractivity contribution in [1.29, 1.82) is 0 Å². The van der Waals surface area contributed by atoms with E-state index in [0.717, 1.165) is 22.2 Å². The van der Waals surface area contributed by atoms with Gasteiger partial charge in [0.1, 0.15) is 0 Å². The van der Waals surface area contributed by atoms with Gasteiger partial charge in [0, 0.05) is 29.4 Å². The van der Waals surface area contributed by atoms with Crippen molar-refractivity contribution >= 4 is 34.1 Å². The van der Waals surface area contributed by atoms with Gasteiger partial charge < -0.3 is 10.6 Å². The second-order valence-electron chi connectivity index (χ2n) is 7.16. The van der Waals surface area contributed by atoms with Gasteiger partial charge in [0.2, 0.25) is 5.91 Å². The first kappa shape index (κ1) is 18.0. The van der Waals surface area contributed by atoms with Crippen LogP contribution in [0.25, 0.3) is 22.3 Å². The third-order valence-electron chi connectivity index (χ3n) is 5.15. The fourth-order valence-electron chi connectivity index (χ4n) is 3.66. The van der Waals surface area contributed by atoms with Crippen LogP contribution in [-0.2, 0) is 11.2 Å². The van der Waals surface area contributed by atoms with Crippen molar-refractivity contribution in [3.63, 3.8) is 0 Å². The van der Waals surface area contributed by atoms with Crippen LogP contribution in [0, 0.1) is 0 Å². The van der Waals surface area contributed by atoms with Gasteiger partial charge in [-0.15, -0.1) is 0 Å². The number of nitrogens with zero attached hydrogens (tertiary/aromatic N) is 2. The monoisotopic (exact) mass is 394 g/mol. The molecule has 0 aliphatic carbocycles. The van der Waals surface area contributed by atoms with E-state index >= 15 is 0 Å². The zero-order chi connectivity index (χ0) is 20.5. The van der Waals surface area contributed by atoms with E-state index in [1.54, 1.807) is 18.3 Å². The van der Waals surface area contributed by atoms with Gasteiger partial charge in [0.15, 0.2) is 0 Å². The molecule has 6 nitrogen and oxygen atoms in total. The molecule has 0 bridgehead atoms. The summed E-state index contributed by atoms with van der Waals surface area (Å²) in [6.45, 7) is 0. The zero-order valence-electron chi connectivity index (χ0n) is 16.1. The SMILES string of the molecule is O=C1CCc2ccc(NC(=O)c3cc(-c4ccccn4)nc4ccccc34)cc2N1. The molecule has 2 amide bonds. The molecule has 146 valence electrons. The van der Waals surface area contributed by atoms with Gasteiger partial charge in [-0.1, -0.05) is 30.3 Å². The first-order valence-electron chi connectivity index (χ1n) is 9.73. The number of hydrogen-bond acceptors (Lipinski definition) is 4. The van der Waals surface area contributed by atoms with Crippen molar-refractivity contribution in [3.8, 4) is 11.4 Å². The van der Waals surface area contributed by atoms with Crippen molar-refractivity contribution < 1.29 is 9.59 Å². The van der Waals surface area contributed by atoms with Crippen LogP contribution in [-0.4, -0.2) is 21.8 Å². The number of anilines is 2. The molecule has 1 aliphatic heterocycles. The van der Waals surface area contributed by atoms with E-state index in [2.05, 4.69) is 20.6 Å². The molecule has 0 saturated heterocycles. The summed E-state index contributed by atoms with van der Waals surface area (Å²) in [6.07, 6.45) is 2.89. The lowest BCUT2D eigenvalue weighted by Gasteiger charge is -2.18. The van der Waals surface area contributed by atoms with Gasteiger partial charge in [-0.05, 0) is 48.4 Å². The Hall–Kier alpha value is -4.06. The van der Waals surface area contributed by atoms with E-state index in [9.17, 15) is 9.59 Å². The zero-order valence-corrected chi connectivity index (χ0v) is 16.1. The highest BCUT2D eigenvalue weighted by molar-refractivity contribution is 6.13. The highest BCUT2D eigenvalue weighted by Gasteiger charge is 2.17. The second-order valence-corrected chi connectivity index (χ2v) is 7.16. The molecule has 6 heteroatoms. The van der Waals surface area contributed by atoms with Crippen LogP contribution in [0.2, 0.25) is 0 Å². The van der Waals surface area contributed by atoms with Crippen LogP contribution >= 0.6 is 0 Å². The molecule has 0 atom stereocenters. The maximum atomic E-state index is 13.2. The van der Waals surface area contributed by atoms with Crippen molar-refractivity contribution in [2.75, 3.05) is 10.6 Å². The third kappa shape index (κ3) is 3.39. The minimum atomic E-state index is -0.243. The molecule has 2 N–H and O–H groups in total. The first-order chi connectivity index (χ1) is 14.7. The van der Waals surface area contributed by atoms with E-state index in [0.29, 0.717) is 35.5 Å². The molecule has 2 aromatic carbocycles. The molecule has 2 aromatic heterocycles. The Balaban J connectivity index is 1.53.